The van der Waals surface area contributed by atoms with Gasteiger partial charge in [0.05, 0.1) is 11.6 Å². The number of halogens is 1. The first kappa shape index (κ1) is 17.3. The van der Waals surface area contributed by atoms with Crippen LogP contribution in [0.5, 0.6) is 0 Å². The van der Waals surface area contributed by atoms with E-state index in [4.69, 9.17) is 21.1 Å². The topological polar surface area (TPSA) is 66.2 Å². The molecule has 0 unspecified atom stereocenters. The van der Waals surface area contributed by atoms with E-state index in [0.29, 0.717) is 42.2 Å². The molecule has 1 aromatic carbocycles. The van der Waals surface area contributed by atoms with E-state index < -0.39 is 0 Å². The number of hydrogen-bond acceptors (Lipinski definition) is 6. The van der Waals surface area contributed by atoms with Gasteiger partial charge >= 0.3 is 5.97 Å². The number of rotatable bonds is 7. The van der Waals surface area contributed by atoms with Crippen molar-refractivity contribution in [3.05, 3.63) is 29.3 Å². The number of carbonyl (C=O) groups is 1. The number of nitrogens with zero attached hydrogens (tertiary/aromatic N) is 3. The summed E-state index contributed by atoms with van der Waals surface area (Å²) in [4.78, 5) is 11.7. The molecule has 1 aliphatic heterocycles. The number of cyclic esters (lactones) is 1. The zero-order valence-corrected chi connectivity index (χ0v) is 14.8. The second-order valence-corrected chi connectivity index (χ2v) is 6.92. The Morgan fingerprint density at radius 3 is 2.96 bits per heavy atom. The molecule has 0 N–H and O–H groups in total. The van der Waals surface area contributed by atoms with Crippen LogP contribution in [0.3, 0.4) is 0 Å². The Morgan fingerprint density at radius 1 is 1.42 bits per heavy atom. The van der Waals surface area contributed by atoms with Crippen LogP contribution < -0.4 is 0 Å². The lowest BCUT2D eigenvalue weighted by atomic mass is 10.2. The van der Waals surface area contributed by atoms with Crippen molar-refractivity contribution >= 4 is 29.3 Å². The van der Waals surface area contributed by atoms with E-state index >= 15 is 0 Å². The van der Waals surface area contributed by atoms with Crippen molar-refractivity contribution in [2.24, 2.45) is 0 Å². The Kier molecular flexibility index (Phi) is 5.76. The molecule has 6 nitrogen and oxygen atoms in total. The van der Waals surface area contributed by atoms with E-state index in [2.05, 4.69) is 10.2 Å². The number of carbonyl (C=O) groups excluding carboxylic acids is 1. The fraction of sp³-hybridized carbons (Fsp3) is 0.438. The molecular formula is C16H18ClN3O3S. The number of esters is 1. The van der Waals surface area contributed by atoms with Crippen LogP contribution in [0.25, 0.3) is 11.4 Å². The van der Waals surface area contributed by atoms with Gasteiger partial charge in [0.25, 0.3) is 0 Å². The second kappa shape index (κ2) is 8.00. The SMILES string of the molecule is COCCCn1c(S[C@@H]2CCOC2=O)nnc1-c1ccccc1Cl. The molecule has 1 fully saturated rings. The van der Waals surface area contributed by atoms with Crippen molar-refractivity contribution in [2.75, 3.05) is 20.3 Å². The number of methoxy groups -OCH3 is 1. The van der Waals surface area contributed by atoms with Crippen LogP contribution in [0.1, 0.15) is 12.8 Å². The number of benzene rings is 1. The van der Waals surface area contributed by atoms with Crippen molar-refractivity contribution in [3.8, 4) is 11.4 Å². The molecule has 0 amide bonds. The van der Waals surface area contributed by atoms with Crippen LogP contribution in [0.2, 0.25) is 5.02 Å². The summed E-state index contributed by atoms with van der Waals surface area (Å²) in [6, 6.07) is 7.53. The predicted octanol–water partition coefficient (Wildman–Crippen LogP) is 3.04. The molecule has 1 aliphatic rings. The molecule has 0 radical (unpaired) electrons. The molecule has 8 heteroatoms. The zero-order chi connectivity index (χ0) is 16.9. The summed E-state index contributed by atoms with van der Waals surface area (Å²) in [5, 5.41) is 9.68. The van der Waals surface area contributed by atoms with Gasteiger partial charge in [-0.05, 0) is 18.6 Å². The number of hydrogen-bond donors (Lipinski definition) is 0. The maximum atomic E-state index is 11.7. The summed E-state index contributed by atoms with van der Waals surface area (Å²) in [6.45, 7) is 1.78. The molecule has 128 valence electrons. The predicted molar refractivity (Wildman–Crippen MR) is 92.2 cm³/mol. The third-order valence-electron chi connectivity index (χ3n) is 3.70. The lowest BCUT2D eigenvalue weighted by molar-refractivity contribution is -0.137. The number of aromatic nitrogens is 3. The van der Waals surface area contributed by atoms with Crippen molar-refractivity contribution in [1.29, 1.82) is 0 Å². The van der Waals surface area contributed by atoms with Gasteiger partial charge in [-0.2, -0.15) is 0 Å². The van der Waals surface area contributed by atoms with Gasteiger partial charge in [-0.3, -0.25) is 4.79 Å². The molecule has 3 rings (SSSR count). The molecule has 1 atom stereocenters. The largest absolute Gasteiger partial charge is 0.465 e. The van der Waals surface area contributed by atoms with Gasteiger partial charge < -0.3 is 14.0 Å². The molecule has 1 aromatic heterocycles. The van der Waals surface area contributed by atoms with E-state index in [0.717, 1.165) is 12.0 Å². The molecule has 0 aliphatic carbocycles. The van der Waals surface area contributed by atoms with Crippen LogP contribution in [0, 0.1) is 0 Å². The smallest absolute Gasteiger partial charge is 0.319 e. The normalized spacial score (nSPS) is 17.2. The van der Waals surface area contributed by atoms with Crippen molar-refractivity contribution in [3.63, 3.8) is 0 Å². The summed E-state index contributed by atoms with van der Waals surface area (Å²) in [6.07, 6.45) is 1.50. The van der Waals surface area contributed by atoms with Gasteiger partial charge in [-0.1, -0.05) is 35.5 Å². The van der Waals surface area contributed by atoms with Crippen LogP contribution >= 0.6 is 23.4 Å². The first-order valence-corrected chi connectivity index (χ1v) is 8.97. The second-order valence-electron chi connectivity index (χ2n) is 5.35. The Labute approximate surface area is 149 Å². The lowest BCUT2D eigenvalue weighted by Crippen LogP contribution is -2.12. The van der Waals surface area contributed by atoms with E-state index in [1.807, 2.05) is 28.8 Å². The molecule has 24 heavy (non-hydrogen) atoms. The van der Waals surface area contributed by atoms with E-state index in [1.165, 1.54) is 11.8 Å². The van der Waals surface area contributed by atoms with Crippen LogP contribution in [0.15, 0.2) is 29.4 Å². The quantitative estimate of drug-likeness (QED) is 0.553. The van der Waals surface area contributed by atoms with Gasteiger partial charge in [-0.15, -0.1) is 10.2 Å². The van der Waals surface area contributed by atoms with Gasteiger partial charge in [-0.25, -0.2) is 0 Å². The first-order chi connectivity index (χ1) is 11.7. The maximum Gasteiger partial charge on any atom is 0.319 e. The first-order valence-electron chi connectivity index (χ1n) is 7.71. The third kappa shape index (κ3) is 3.74. The minimum atomic E-state index is -0.227. The average molecular weight is 368 g/mol. The average Bonchev–Trinajstić information content (AvgIpc) is 3.16. The highest BCUT2D eigenvalue weighted by atomic mass is 35.5. The summed E-state index contributed by atoms with van der Waals surface area (Å²) in [5.74, 6) is 0.510. The molecule has 0 bridgehead atoms. The number of ether oxygens (including phenoxy) is 2. The molecule has 2 aromatic rings. The third-order valence-corrected chi connectivity index (χ3v) is 5.25. The minimum absolute atomic E-state index is 0.189. The minimum Gasteiger partial charge on any atom is -0.465 e. The standard InChI is InChI=1S/C16H18ClN3O3S/c1-22-9-4-8-20-14(11-5-2-3-6-12(11)17)18-19-16(20)24-13-7-10-23-15(13)21/h2-3,5-6,13H,4,7-10H2,1H3/t13-/m1/s1. The lowest BCUT2D eigenvalue weighted by Gasteiger charge is -2.12. The maximum absolute atomic E-state index is 11.7. The Balaban J connectivity index is 1.90. The fourth-order valence-electron chi connectivity index (χ4n) is 2.50. The Hall–Kier alpha value is -1.57. The highest BCUT2D eigenvalue weighted by molar-refractivity contribution is 8.00. The Morgan fingerprint density at radius 2 is 2.25 bits per heavy atom. The molecular weight excluding hydrogens is 350 g/mol. The van der Waals surface area contributed by atoms with E-state index in [1.54, 1.807) is 7.11 Å². The number of thioether (sulfide) groups is 1. The van der Waals surface area contributed by atoms with Crippen molar-refractivity contribution < 1.29 is 14.3 Å². The summed E-state index contributed by atoms with van der Waals surface area (Å²) >= 11 is 7.70. The zero-order valence-electron chi connectivity index (χ0n) is 13.3. The Bertz CT molecular complexity index is 722. The van der Waals surface area contributed by atoms with Crippen molar-refractivity contribution in [2.45, 2.75) is 29.8 Å². The molecule has 0 spiro atoms. The summed E-state index contributed by atoms with van der Waals surface area (Å²) in [5.41, 5.74) is 0.824. The van der Waals surface area contributed by atoms with Gasteiger partial charge in [0.1, 0.15) is 5.25 Å². The molecule has 0 saturated carbocycles. The van der Waals surface area contributed by atoms with Crippen LogP contribution in [-0.2, 0) is 20.8 Å². The highest BCUT2D eigenvalue weighted by Crippen LogP contribution is 2.33. The highest BCUT2D eigenvalue weighted by Gasteiger charge is 2.30. The van der Waals surface area contributed by atoms with Gasteiger partial charge in [0.2, 0.25) is 0 Å². The summed E-state index contributed by atoms with van der Waals surface area (Å²) in [7, 11) is 1.67. The van der Waals surface area contributed by atoms with E-state index in [9.17, 15) is 4.79 Å². The van der Waals surface area contributed by atoms with Crippen LogP contribution in [-0.4, -0.2) is 46.3 Å². The summed E-state index contributed by atoms with van der Waals surface area (Å²) < 4.78 is 12.2. The molecule has 2 heterocycles. The fourth-order valence-corrected chi connectivity index (χ4v) is 3.74. The molecule has 1 saturated heterocycles. The van der Waals surface area contributed by atoms with Crippen molar-refractivity contribution in [1.82, 2.24) is 14.8 Å². The monoisotopic (exact) mass is 367 g/mol. The van der Waals surface area contributed by atoms with Gasteiger partial charge in [0.15, 0.2) is 11.0 Å². The van der Waals surface area contributed by atoms with E-state index in [-0.39, 0.29) is 11.2 Å². The van der Waals surface area contributed by atoms with Crippen LogP contribution in [0.4, 0.5) is 0 Å². The van der Waals surface area contributed by atoms with Gasteiger partial charge in [0, 0.05) is 32.2 Å².